The zero-order valence-corrected chi connectivity index (χ0v) is 20.2. The van der Waals surface area contributed by atoms with Crippen molar-refractivity contribution in [3.63, 3.8) is 0 Å². The predicted octanol–water partition coefficient (Wildman–Crippen LogP) is -6.26. The molecule has 0 spiro atoms. The van der Waals surface area contributed by atoms with Crippen LogP contribution >= 0.6 is 0 Å². The van der Waals surface area contributed by atoms with Crippen LogP contribution in [0.25, 0.3) is 0 Å². The molecule has 0 fully saturated rings. The van der Waals surface area contributed by atoms with Crippen LogP contribution in [-0.4, -0.2) is 116 Å². The molecule has 0 rings (SSSR count). The molecule has 0 radical (unpaired) electrons. The summed E-state index contributed by atoms with van der Waals surface area (Å²) in [6.07, 6.45) is 0. The fourth-order valence-electron chi connectivity index (χ4n) is 0.215. The second-order valence-corrected chi connectivity index (χ2v) is 7.35. The van der Waals surface area contributed by atoms with Crippen molar-refractivity contribution in [2.45, 2.75) is 0 Å². The van der Waals surface area contributed by atoms with Gasteiger partial charge in [-0.1, -0.05) is 0 Å². The monoisotopic (exact) mass is 622 g/mol. The molecule has 0 heterocycles. The SMILES string of the molecule is O=S(=O)([O-])OS(=O)(=O)OS(=O)(=O)[O-].O=S(=O)([O-])[O-].O=S(=O)([O-])[O-].[Cu+].[Cu+].[Mg+2].[Mg+2]. The minimum Gasteiger partial charge on any atom is -0.759 e. The smallest absolute Gasteiger partial charge is 0.759 e. The maximum absolute atomic E-state index is 10.1. The molecule has 164 valence electrons. The third kappa shape index (κ3) is 96.6. The van der Waals surface area contributed by atoms with E-state index in [-0.39, 0.29) is 80.2 Å². The first kappa shape index (κ1) is 47.0. The Morgan fingerprint density at radius 3 is 0.630 bits per heavy atom. The van der Waals surface area contributed by atoms with Gasteiger partial charge in [0.05, 0.1) is 0 Å². The summed E-state index contributed by atoms with van der Waals surface area (Å²) in [7, 11) is -27.5. The van der Waals surface area contributed by atoms with E-state index < -0.39 is 52.0 Å². The van der Waals surface area contributed by atoms with Gasteiger partial charge in [0.2, 0.25) is 20.8 Å². The van der Waals surface area contributed by atoms with E-state index in [0.717, 1.165) is 0 Å². The Bertz CT molecular complexity index is 787. The third-order valence-electron chi connectivity index (χ3n) is 0.333. The van der Waals surface area contributed by atoms with Gasteiger partial charge in [-0.3, -0.25) is 16.8 Å². The Morgan fingerprint density at radius 1 is 0.444 bits per heavy atom. The van der Waals surface area contributed by atoms with E-state index in [9.17, 15) is 34.4 Å². The molecule has 0 aliphatic rings. The summed E-state index contributed by atoms with van der Waals surface area (Å²) in [4.78, 5) is 0. The first-order valence-corrected chi connectivity index (χ1v) is 10.0. The van der Waals surface area contributed by atoms with Gasteiger partial charge in [0.15, 0.2) is 0 Å². The van der Waals surface area contributed by atoms with Crippen LogP contribution in [0.2, 0.25) is 0 Å². The van der Waals surface area contributed by atoms with Crippen molar-refractivity contribution < 1.29 is 111 Å². The fourth-order valence-corrected chi connectivity index (χ4v) is 2.14. The third-order valence-corrected chi connectivity index (χ3v) is 3.00. The van der Waals surface area contributed by atoms with Crippen LogP contribution in [0.4, 0.5) is 0 Å². The van der Waals surface area contributed by atoms with Gasteiger partial charge in [-0.05, 0) is 0 Å². The van der Waals surface area contributed by atoms with Crippen LogP contribution in [0, 0.1) is 0 Å². The van der Waals surface area contributed by atoms with E-state index in [1.165, 1.54) is 0 Å². The Hall–Kier alpha value is 2.00. The predicted molar refractivity (Wildman–Crippen MR) is 62.9 cm³/mol. The van der Waals surface area contributed by atoms with Crippen molar-refractivity contribution in [3.8, 4) is 0 Å². The molecule has 27 heavy (non-hydrogen) atoms. The fraction of sp³-hybridized carbons (Fsp3) is 0. The van der Waals surface area contributed by atoms with Gasteiger partial charge < -0.3 is 27.3 Å². The summed E-state index contributed by atoms with van der Waals surface area (Å²) in [6.45, 7) is 0. The van der Waals surface area contributed by atoms with Gasteiger partial charge in [0.25, 0.3) is 0 Å². The minimum absolute atomic E-state index is 0. The van der Waals surface area contributed by atoms with Crippen LogP contribution < -0.4 is 0 Å². The molecule has 0 unspecified atom stereocenters. The molecule has 0 aliphatic heterocycles. The molecule has 0 saturated carbocycles. The second-order valence-electron chi connectivity index (χ2n) is 2.18. The van der Waals surface area contributed by atoms with E-state index in [2.05, 4.69) is 7.26 Å². The molecule has 0 aliphatic carbocycles. The van der Waals surface area contributed by atoms with Gasteiger partial charge in [-0.25, -0.2) is 16.8 Å². The van der Waals surface area contributed by atoms with Crippen LogP contribution in [0.5, 0.6) is 0 Å². The number of hydrogen-bond acceptors (Lipinski definition) is 18. The van der Waals surface area contributed by atoms with Gasteiger partial charge in [0.1, 0.15) is 0 Å². The maximum atomic E-state index is 10.1. The number of hydrogen-bond donors (Lipinski definition) is 0. The van der Waals surface area contributed by atoms with E-state index in [0.29, 0.717) is 0 Å². The summed E-state index contributed by atoms with van der Waals surface area (Å²) >= 11 is 0. The van der Waals surface area contributed by atoms with Crippen LogP contribution in [0.3, 0.4) is 0 Å². The Morgan fingerprint density at radius 2 is 0.556 bits per heavy atom. The number of rotatable bonds is 4. The standard InChI is InChI=1S/2Cu.2Mg.H2O10S3.2H2O4S/c;;;;1-11(2,3)9-13(7,8)10-12(4,5)6;2*1-5(2,3)4/h;;;;(H,1,2,3)(H,4,5,6);2*(H2,1,2,3,4)/q2*+1;2*+2;;;/p-6. The van der Waals surface area contributed by atoms with Crippen LogP contribution in [0.1, 0.15) is 0 Å². The van der Waals surface area contributed by atoms with Crippen molar-refractivity contribution in [2.75, 3.05) is 0 Å². The summed E-state index contributed by atoms with van der Waals surface area (Å²) in [5.74, 6) is 0. The molecule has 0 N–H and O–H groups in total. The summed E-state index contributed by atoms with van der Waals surface area (Å²) in [6, 6.07) is 0. The van der Waals surface area contributed by atoms with Crippen LogP contribution in [0.15, 0.2) is 0 Å². The van der Waals surface area contributed by atoms with E-state index in [1.807, 2.05) is 0 Å². The first-order valence-electron chi connectivity index (χ1n) is 3.33. The molecule has 0 saturated heterocycles. The molecule has 0 aromatic heterocycles. The molecular weight excluding hydrogens is 624 g/mol. The molecule has 0 amide bonds. The molecule has 0 atom stereocenters. The molecule has 0 aromatic carbocycles. The van der Waals surface area contributed by atoms with Crippen molar-refractivity contribution in [2.24, 2.45) is 0 Å². The summed E-state index contributed by atoms with van der Waals surface area (Å²) in [5, 5.41) is 0. The van der Waals surface area contributed by atoms with Crippen molar-refractivity contribution in [3.05, 3.63) is 0 Å². The zero-order chi connectivity index (χ0) is 19.9. The Balaban J connectivity index is -0.0000000488. The van der Waals surface area contributed by atoms with Gasteiger partial charge in [-0.2, -0.15) is 8.42 Å². The molecule has 0 bridgehead atoms. The molecule has 27 heteroatoms. The van der Waals surface area contributed by atoms with Gasteiger partial charge >= 0.3 is 90.6 Å². The summed E-state index contributed by atoms with van der Waals surface area (Å²) in [5.41, 5.74) is 0. The quantitative estimate of drug-likeness (QED) is 0.159. The average molecular weight is 624 g/mol. The van der Waals surface area contributed by atoms with Gasteiger partial charge in [-0.15, -0.1) is 7.26 Å². The largest absolute Gasteiger partial charge is 2.00 e. The van der Waals surface area contributed by atoms with Crippen molar-refractivity contribution >= 4 is 98.1 Å². The van der Waals surface area contributed by atoms with Crippen LogP contribution in [-0.2, 0) is 93.4 Å². The van der Waals surface area contributed by atoms with Gasteiger partial charge in [0, 0.05) is 20.8 Å². The zero-order valence-electron chi connectivity index (χ0n) is 11.4. The molecular formula is Cu2Mg2O18S5. The molecule has 18 nitrogen and oxygen atoms in total. The minimum atomic E-state index is -5.72. The maximum Gasteiger partial charge on any atom is 2.00 e. The van der Waals surface area contributed by atoms with E-state index >= 15 is 0 Å². The Labute approximate surface area is 206 Å². The Kier molecular flexibility index (Phi) is 30.7. The van der Waals surface area contributed by atoms with Crippen molar-refractivity contribution in [1.29, 1.82) is 0 Å². The normalized spacial score (nSPS) is 11.2. The van der Waals surface area contributed by atoms with E-state index in [4.69, 9.17) is 35.0 Å². The van der Waals surface area contributed by atoms with E-state index in [1.54, 1.807) is 0 Å². The topological polar surface area (TPSA) is 328 Å². The summed E-state index contributed by atoms with van der Waals surface area (Å²) < 4.78 is 151. The van der Waals surface area contributed by atoms with Crippen molar-refractivity contribution in [1.82, 2.24) is 0 Å². The average Bonchev–Trinajstić information content (AvgIpc) is 1.81. The second kappa shape index (κ2) is 17.7. The molecule has 0 aromatic rings. The first-order chi connectivity index (χ1) is 9.41.